The van der Waals surface area contributed by atoms with Crippen molar-refractivity contribution in [2.45, 2.75) is 76.6 Å². The number of rotatable bonds is 12. The molecule has 5 nitrogen and oxygen atoms in total. The molecule has 1 aliphatic rings. The Kier molecular flexibility index (Phi) is 10.9. The summed E-state index contributed by atoms with van der Waals surface area (Å²) in [6.07, 6.45) is 11.5. The number of carbonyl (C=O) groups is 1. The summed E-state index contributed by atoms with van der Waals surface area (Å²) in [6.45, 7) is 1.70. The Morgan fingerprint density at radius 1 is 1.20 bits per heavy atom. The average Bonchev–Trinajstić information content (AvgIpc) is 2.85. The molecule has 0 amide bonds. The van der Waals surface area contributed by atoms with Crippen LogP contribution in [0.1, 0.15) is 58.3 Å². The van der Waals surface area contributed by atoms with Crippen molar-refractivity contribution in [3.8, 4) is 0 Å². The van der Waals surface area contributed by atoms with Gasteiger partial charge < -0.3 is 20.4 Å². The molecule has 1 saturated carbocycles. The van der Waals surface area contributed by atoms with E-state index in [0.29, 0.717) is 25.7 Å². The van der Waals surface area contributed by atoms with Gasteiger partial charge in [-0.3, -0.25) is 4.79 Å². The van der Waals surface area contributed by atoms with E-state index < -0.39 is 24.9 Å². The summed E-state index contributed by atoms with van der Waals surface area (Å²) in [5.74, 6) is -0.433. The van der Waals surface area contributed by atoms with Crippen molar-refractivity contribution >= 4 is 5.78 Å². The van der Waals surface area contributed by atoms with Crippen molar-refractivity contribution in [3.63, 3.8) is 0 Å². The second kappa shape index (κ2) is 12.4. The summed E-state index contributed by atoms with van der Waals surface area (Å²) in [5.41, 5.74) is 0. The van der Waals surface area contributed by atoms with Crippen molar-refractivity contribution in [3.05, 3.63) is 24.3 Å². The van der Waals surface area contributed by atoms with Gasteiger partial charge in [0.25, 0.3) is 0 Å². The fourth-order valence-corrected chi connectivity index (χ4v) is 3.36. The molecule has 144 valence electrons. The van der Waals surface area contributed by atoms with Crippen LogP contribution in [0.4, 0.5) is 0 Å². The van der Waals surface area contributed by atoms with Crippen molar-refractivity contribution in [2.75, 3.05) is 6.61 Å². The minimum absolute atomic E-state index is 0.0844. The van der Waals surface area contributed by atoms with Gasteiger partial charge in [0.05, 0.1) is 18.3 Å². The molecular weight excluding hydrogens is 320 g/mol. The topological polar surface area (TPSA) is 98.0 Å². The maximum absolute atomic E-state index is 11.0. The Balaban J connectivity index is 2.49. The van der Waals surface area contributed by atoms with Gasteiger partial charge in [0.15, 0.2) is 5.78 Å². The van der Waals surface area contributed by atoms with E-state index in [1.165, 1.54) is 0 Å². The monoisotopic (exact) mass is 354 g/mol. The first kappa shape index (κ1) is 22.0. The molecule has 0 aromatic rings. The van der Waals surface area contributed by atoms with Crippen LogP contribution in [0.2, 0.25) is 0 Å². The Hall–Kier alpha value is -1.01. The summed E-state index contributed by atoms with van der Waals surface area (Å²) in [5, 5.41) is 39.0. The van der Waals surface area contributed by atoms with E-state index in [4.69, 9.17) is 5.11 Å². The molecule has 0 bridgehead atoms. The maximum Gasteiger partial charge on any atom is 0.158 e. The van der Waals surface area contributed by atoms with Gasteiger partial charge in [0, 0.05) is 18.8 Å². The first-order chi connectivity index (χ1) is 12.0. The maximum atomic E-state index is 11.0. The van der Waals surface area contributed by atoms with Crippen LogP contribution in [0, 0.1) is 11.8 Å². The highest BCUT2D eigenvalue weighted by Crippen LogP contribution is 2.36. The quantitative estimate of drug-likeness (QED) is 0.318. The fourth-order valence-electron chi connectivity index (χ4n) is 3.36. The zero-order valence-corrected chi connectivity index (χ0v) is 15.3. The Morgan fingerprint density at radius 3 is 2.64 bits per heavy atom. The van der Waals surface area contributed by atoms with Gasteiger partial charge in [-0.15, -0.1) is 0 Å². The van der Waals surface area contributed by atoms with E-state index >= 15 is 0 Å². The summed E-state index contributed by atoms with van der Waals surface area (Å²) in [6, 6.07) is 0. The van der Waals surface area contributed by atoms with Crippen LogP contribution in [-0.2, 0) is 4.79 Å². The van der Waals surface area contributed by atoms with Gasteiger partial charge in [-0.25, -0.2) is 0 Å². The molecule has 1 aliphatic carbocycles. The molecule has 5 heteroatoms. The molecular formula is C20H34O5. The number of aliphatic hydroxyl groups excluding tert-OH is 4. The Morgan fingerprint density at radius 2 is 1.96 bits per heavy atom. The normalized spacial score (nSPS) is 28.2. The van der Waals surface area contributed by atoms with Crippen molar-refractivity contribution in [1.82, 2.24) is 0 Å². The molecule has 0 radical (unpaired) electrons. The minimum Gasteiger partial charge on any atom is -0.393 e. The van der Waals surface area contributed by atoms with E-state index in [1.54, 1.807) is 6.08 Å². The number of hydrogen-bond acceptors (Lipinski definition) is 5. The standard InChI is InChI=1S/C20H34O5/c1-2-3-5-8-15(22)11-12-18-17(19(24)13-20(18)25)10-7-4-6-9-16(23)14-21/h4,7,11-12,15,17-22,24-25H,2-3,5-6,8-10,13-14H2,1H3/b7-4+,12-11+. The van der Waals surface area contributed by atoms with E-state index in [0.717, 1.165) is 25.7 Å². The molecule has 0 spiro atoms. The molecule has 0 aliphatic heterocycles. The molecule has 5 atom stereocenters. The predicted molar refractivity (Wildman–Crippen MR) is 98.0 cm³/mol. The lowest BCUT2D eigenvalue weighted by Gasteiger charge is -2.19. The van der Waals surface area contributed by atoms with Crippen LogP contribution < -0.4 is 0 Å². The third-order valence-electron chi connectivity index (χ3n) is 4.92. The van der Waals surface area contributed by atoms with E-state index in [9.17, 15) is 20.1 Å². The van der Waals surface area contributed by atoms with Crippen LogP contribution in [0.15, 0.2) is 24.3 Å². The Labute approximate surface area is 151 Å². The molecule has 4 N–H and O–H groups in total. The number of Topliss-reactive ketones (excluding diaryl/α,β-unsaturated/α-hetero) is 1. The van der Waals surface area contributed by atoms with E-state index in [2.05, 4.69) is 6.92 Å². The average molecular weight is 354 g/mol. The summed E-state index contributed by atoms with van der Waals surface area (Å²) in [4.78, 5) is 11.0. The smallest absolute Gasteiger partial charge is 0.158 e. The number of unbranched alkanes of at least 4 members (excludes halogenated alkanes) is 2. The number of ketones is 1. The molecule has 0 saturated heterocycles. The first-order valence-corrected chi connectivity index (χ1v) is 9.49. The summed E-state index contributed by atoms with van der Waals surface area (Å²) >= 11 is 0. The largest absolute Gasteiger partial charge is 0.393 e. The van der Waals surface area contributed by atoms with Gasteiger partial charge in [-0.05, 0) is 25.2 Å². The van der Waals surface area contributed by atoms with Gasteiger partial charge in [-0.2, -0.15) is 0 Å². The lowest BCUT2D eigenvalue weighted by atomic mass is 9.89. The second-order valence-electron chi connectivity index (χ2n) is 7.00. The highest BCUT2D eigenvalue weighted by molar-refractivity contribution is 5.79. The third kappa shape index (κ3) is 8.27. The lowest BCUT2D eigenvalue weighted by Crippen LogP contribution is -2.20. The van der Waals surface area contributed by atoms with Crippen LogP contribution in [0.3, 0.4) is 0 Å². The fraction of sp³-hybridized carbons (Fsp3) is 0.750. The van der Waals surface area contributed by atoms with Crippen molar-refractivity contribution in [2.24, 2.45) is 11.8 Å². The number of allylic oxidation sites excluding steroid dienone is 2. The van der Waals surface area contributed by atoms with E-state index in [-0.39, 0.29) is 17.6 Å². The lowest BCUT2D eigenvalue weighted by molar-refractivity contribution is -0.121. The molecule has 1 rings (SSSR count). The summed E-state index contributed by atoms with van der Waals surface area (Å²) < 4.78 is 0. The highest BCUT2D eigenvalue weighted by Gasteiger charge is 2.39. The van der Waals surface area contributed by atoms with Crippen molar-refractivity contribution in [1.29, 1.82) is 0 Å². The molecule has 0 aromatic heterocycles. The van der Waals surface area contributed by atoms with E-state index in [1.807, 2.05) is 18.2 Å². The minimum atomic E-state index is -0.594. The Bertz CT molecular complexity index is 432. The zero-order valence-electron chi connectivity index (χ0n) is 15.3. The molecule has 0 aromatic carbocycles. The highest BCUT2D eigenvalue weighted by atomic mass is 16.3. The zero-order chi connectivity index (χ0) is 18.7. The van der Waals surface area contributed by atoms with Gasteiger partial charge >= 0.3 is 0 Å². The van der Waals surface area contributed by atoms with Crippen LogP contribution in [-0.4, -0.2) is 51.1 Å². The molecule has 1 fully saturated rings. The molecule has 0 heterocycles. The van der Waals surface area contributed by atoms with Gasteiger partial charge in [0.2, 0.25) is 0 Å². The molecule has 5 unspecified atom stereocenters. The number of aliphatic hydroxyl groups is 4. The van der Waals surface area contributed by atoms with Crippen LogP contribution >= 0.6 is 0 Å². The van der Waals surface area contributed by atoms with Crippen molar-refractivity contribution < 1.29 is 25.2 Å². The number of carbonyl (C=O) groups excluding carboxylic acids is 1. The number of hydrogen-bond donors (Lipinski definition) is 4. The summed E-state index contributed by atoms with van der Waals surface area (Å²) in [7, 11) is 0. The van der Waals surface area contributed by atoms with Gasteiger partial charge in [0.1, 0.15) is 6.61 Å². The SMILES string of the molecule is CCCCCC(O)/C=C/C1C(O)CC(O)C1C/C=C/CCC(=O)CO. The first-order valence-electron chi connectivity index (χ1n) is 9.49. The predicted octanol–water partition coefficient (Wildman–Crippen LogP) is 2.13. The second-order valence-corrected chi connectivity index (χ2v) is 7.00. The van der Waals surface area contributed by atoms with Crippen LogP contribution in [0.5, 0.6) is 0 Å². The third-order valence-corrected chi connectivity index (χ3v) is 4.92. The molecule has 25 heavy (non-hydrogen) atoms. The van der Waals surface area contributed by atoms with Crippen LogP contribution in [0.25, 0.3) is 0 Å². The van der Waals surface area contributed by atoms with Gasteiger partial charge in [-0.1, -0.05) is 50.5 Å².